The van der Waals surface area contributed by atoms with Crippen LogP contribution in [-0.2, 0) is 22.6 Å². The molecule has 4 rings (SSSR count). The first-order chi connectivity index (χ1) is 16.2. The monoisotopic (exact) mass is 439 g/mol. The number of carbonyl (C=O) groups excluding carboxylic acids is 1. The highest BCUT2D eigenvalue weighted by Gasteiger charge is 2.20. The number of hydrogen-bond acceptors (Lipinski definition) is 6. The van der Waals surface area contributed by atoms with Gasteiger partial charge in [0.1, 0.15) is 30.5 Å². The second-order valence-electron chi connectivity index (χ2n) is 7.50. The molecule has 0 fully saturated rings. The maximum atomic E-state index is 12.3. The summed E-state index contributed by atoms with van der Waals surface area (Å²) < 4.78 is 10.8. The number of hydrogen-bond donors (Lipinski definition) is 1. The van der Waals surface area contributed by atoms with E-state index in [4.69, 9.17) is 9.47 Å². The molecule has 166 valence electrons. The molecular weight excluding hydrogens is 414 g/mol. The number of ether oxygens (including phenoxy) is 2. The van der Waals surface area contributed by atoms with Crippen LogP contribution < -0.4 is 10.1 Å². The molecule has 0 bridgehead atoms. The fourth-order valence-corrected chi connectivity index (χ4v) is 3.42. The van der Waals surface area contributed by atoms with Gasteiger partial charge >= 0.3 is 5.97 Å². The first-order valence-electron chi connectivity index (χ1n) is 10.7. The highest BCUT2D eigenvalue weighted by molar-refractivity contribution is 5.79. The van der Waals surface area contributed by atoms with Crippen molar-refractivity contribution in [1.29, 1.82) is 0 Å². The van der Waals surface area contributed by atoms with Crippen LogP contribution in [0.25, 0.3) is 11.3 Å². The molecule has 1 atom stereocenters. The Morgan fingerprint density at radius 2 is 1.55 bits per heavy atom. The third-order valence-electron chi connectivity index (χ3n) is 5.16. The highest BCUT2D eigenvalue weighted by atomic mass is 16.5. The predicted octanol–water partition coefficient (Wildman–Crippen LogP) is 4.92. The maximum Gasteiger partial charge on any atom is 0.328 e. The summed E-state index contributed by atoms with van der Waals surface area (Å²) in [5, 5.41) is 3.19. The smallest absolute Gasteiger partial charge is 0.328 e. The fourth-order valence-electron chi connectivity index (χ4n) is 3.42. The summed E-state index contributed by atoms with van der Waals surface area (Å²) in [6, 6.07) is 28.8. The Morgan fingerprint density at radius 1 is 0.879 bits per heavy atom. The van der Waals surface area contributed by atoms with Crippen LogP contribution in [0.1, 0.15) is 11.1 Å². The third-order valence-corrected chi connectivity index (χ3v) is 5.16. The van der Waals surface area contributed by atoms with Crippen molar-refractivity contribution in [3.63, 3.8) is 0 Å². The number of anilines is 1. The SMILES string of the molecule is COC(=O)[C@@H](Cc1ccccc1)Nc1cc(-c2ccc(OCc3ccccc3)cc2)ncn1. The minimum absolute atomic E-state index is 0.348. The molecule has 1 aromatic heterocycles. The van der Waals surface area contributed by atoms with Gasteiger partial charge in [-0.05, 0) is 35.4 Å². The minimum Gasteiger partial charge on any atom is -0.489 e. The van der Waals surface area contributed by atoms with Crippen LogP contribution in [0.3, 0.4) is 0 Å². The van der Waals surface area contributed by atoms with Crippen LogP contribution in [0.15, 0.2) is 97.3 Å². The van der Waals surface area contributed by atoms with Crippen molar-refractivity contribution in [3.8, 4) is 17.0 Å². The number of nitrogens with zero attached hydrogens (tertiary/aromatic N) is 2. The second-order valence-corrected chi connectivity index (χ2v) is 7.50. The minimum atomic E-state index is -0.561. The Labute approximate surface area is 193 Å². The average molecular weight is 440 g/mol. The van der Waals surface area contributed by atoms with Crippen molar-refractivity contribution in [2.75, 3.05) is 12.4 Å². The molecule has 33 heavy (non-hydrogen) atoms. The van der Waals surface area contributed by atoms with E-state index >= 15 is 0 Å². The van der Waals surface area contributed by atoms with E-state index in [2.05, 4.69) is 15.3 Å². The summed E-state index contributed by atoms with van der Waals surface area (Å²) in [5.74, 6) is 0.985. The van der Waals surface area contributed by atoms with Crippen LogP contribution in [0.2, 0.25) is 0 Å². The van der Waals surface area contributed by atoms with Crippen molar-refractivity contribution in [2.45, 2.75) is 19.1 Å². The van der Waals surface area contributed by atoms with E-state index in [-0.39, 0.29) is 5.97 Å². The number of benzene rings is 3. The molecule has 0 spiro atoms. The van der Waals surface area contributed by atoms with Crippen molar-refractivity contribution in [3.05, 3.63) is 108 Å². The lowest BCUT2D eigenvalue weighted by atomic mass is 10.1. The van der Waals surface area contributed by atoms with E-state index < -0.39 is 6.04 Å². The molecule has 0 radical (unpaired) electrons. The standard InChI is InChI=1S/C27H25N3O3/c1-32-27(31)25(16-20-8-4-2-5-9-20)30-26-17-24(28-19-29-26)22-12-14-23(15-13-22)33-18-21-10-6-3-7-11-21/h2-15,17,19,25H,16,18H2,1H3,(H,28,29,30)/t25-/m1/s1. The van der Waals surface area contributed by atoms with Crippen LogP contribution in [0.5, 0.6) is 5.75 Å². The lowest BCUT2D eigenvalue weighted by Gasteiger charge is -2.17. The van der Waals surface area contributed by atoms with Gasteiger partial charge in [0.15, 0.2) is 0 Å². The van der Waals surface area contributed by atoms with Crippen LogP contribution in [0, 0.1) is 0 Å². The molecule has 1 N–H and O–H groups in total. The molecule has 1 heterocycles. The van der Waals surface area contributed by atoms with Gasteiger partial charge in [-0.3, -0.25) is 0 Å². The Morgan fingerprint density at radius 3 is 2.21 bits per heavy atom. The number of aromatic nitrogens is 2. The van der Waals surface area contributed by atoms with Crippen molar-refractivity contribution in [2.24, 2.45) is 0 Å². The summed E-state index contributed by atoms with van der Waals surface area (Å²) in [7, 11) is 1.38. The fraction of sp³-hybridized carbons (Fsp3) is 0.148. The number of esters is 1. The summed E-state index contributed by atoms with van der Waals surface area (Å²) in [5.41, 5.74) is 3.81. The summed E-state index contributed by atoms with van der Waals surface area (Å²) in [4.78, 5) is 21.0. The Kier molecular flexibility index (Phi) is 7.28. The topological polar surface area (TPSA) is 73.3 Å². The normalized spacial score (nSPS) is 11.4. The molecule has 0 aliphatic rings. The van der Waals surface area contributed by atoms with Gasteiger partial charge < -0.3 is 14.8 Å². The van der Waals surface area contributed by atoms with E-state index in [0.717, 1.165) is 28.1 Å². The van der Waals surface area contributed by atoms with E-state index in [1.54, 1.807) is 0 Å². The van der Waals surface area contributed by atoms with Crippen molar-refractivity contribution in [1.82, 2.24) is 9.97 Å². The van der Waals surface area contributed by atoms with Gasteiger partial charge in [-0.1, -0.05) is 60.7 Å². The molecule has 0 saturated heterocycles. The number of nitrogens with one attached hydrogen (secondary N) is 1. The van der Waals surface area contributed by atoms with Crippen molar-refractivity contribution < 1.29 is 14.3 Å². The Hall–Kier alpha value is -4.19. The van der Waals surface area contributed by atoms with Gasteiger partial charge in [-0.25, -0.2) is 14.8 Å². The first kappa shape index (κ1) is 22.0. The summed E-state index contributed by atoms with van der Waals surface area (Å²) in [6.07, 6.45) is 1.97. The quantitative estimate of drug-likeness (QED) is 0.373. The van der Waals surface area contributed by atoms with E-state index in [1.165, 1.54) is 13.4 Å². The van der Waals surface area contributed by atoms with Gasteiger partial charge in [-0.15, -0.1) is 0 Å². The molecule has 6 nitrogen and oxygen atoms in total. The van der Waals surface area contributed by atoms with Crippen LogP contribution >= 0.6 is 0 Å². The van der Waals surface area contributed by atoms with Crippen LogP contribution in [0.4, 0.5) is 5.82 Å². The van der Waals surface area contributed by atoms with Gasteiger partial charge in [0, 0.05) is 18.1 Å². The number of methoxy groups -OCH3 is 1. The van der Waals surface area contributed by atoms with Crippen molar-refractivity contribution >= 4 is 11.8 Å². The zero-order valence-electron chi connectivity index (χ0n) is 18.3. The predicted molar refractivity (Wildman–Crippen MR) is 128 cm³/mol. The van der Waals surface area contributed by atoms with E-state index in [0.29, 0.717) is 18.8 Å². The van der Waals surface area contributed by atoms with Gasteiger partial charge in [0.25, 0.3) is 0 Å². The third kappa shape index (κ3) is 6.17. The Balaban J connectivity index is 1.44. The number of rotatable bonds is 9. The van der Waals surface area contributed by atoms with Crippen LogP contribution in [-0.4, -0.2) is 29.1 Å². The lowest BCUT2D eigenvalue weighted by molar-refractivity contribution is -0.141. The van der Waals surface area contributed by atoms with Gasteiger partial charge in [0.2, 0.25) is 0 Å². The Bertz CT molecular complexity index is 1170. The zero-order valence-corrected chi connectivity index (χ0v) is 18.3. The molecule has 0 amide bonds. The molecular formula is C27H25N3O3. The molecule has 0 aliphatic carbocycles. The van der Waals surface area contributed by atoms with Gasteiger partial charge in [0.05, 0.1) is 12.8 Å². The molecule has 0 aliphatic heterocycles. The summed E-state index contributed by atoms with van der Waals surface area (Å²) >= 11 is 0. The maximum absolute atomic E-state index is 12.3. The van der Waals surface area contributed by atoms with Gasteiger partial charge in [-0.2, -0.15) is 0 Å². The molecule has 0 saturated carbocycles. The molecule has 4 aromatic rings. The zero-order chi connectivity index (χ0) is 22.9. The molecule has 6 heteroatoms. The highest BCUT2D eigenvalue weighted by Crippen LogP contribution is 2.23. The first-order valence-corrected chi connectivity index (χ1v) is 10.7. The number of carbonyl (C=O) groups is 1. The average Bonchev–Trinajstić information content (AvgIpc) is 2.88. The largest absolute Gasteiger partial charge is 0.489 e. The second kappa shape index (κ2) is 10.9. The molecule has 0 unspecified atom stereocenters. The summed E-state index contributed by atoms with van der Waals surface area (Å²) in [6.45, 7) is 0.512. The lowest BCUT2D eigenvalue weighted by Crippen LogP contribution is -2.33. The van der Waals surface area contributed by atoms with E-state index in [9.17, 15) is 4.79 Å². The molecule has 3 aromatic carbocycles. The van der Waals surface area contributed by atoms with E-state index in [1.807, 2.05) is 91.0 Å².